The fourth-order valence-corrected chi connectivity index (χ4v) is 2.08. The highest BCUT2D eigenvalue weighted by molar-refractivity contribution is 5.89. The zero-order valence-electron chi connectivity index (χ0n) is 11.7. The average molecular weight is 286 g/mol. The zero-order valence-corrected chi connectivity index (χ0v) is 11.7. The highest BCUT2D eigenvalue weighted by Crippen LogP contribution is 2.27. The normalized spacial score (nSPS) is 10.8. The highest BCUT2D eigenvalue weighted by Gasteiger charge is 2.12. The van der Waals surface area contributed by atoms with Crippen molar-refractivity contribution < 1.29 is 4.39 Å². The van der Waals surface area contributed by atoms with Crippen molar-refractivity contribution in [3.05, 3.63) is 35.8 Å². The van der Waals surface area contributed by atoms with Gasteiger partial charge in [0.15, 0.2) is 5.65 Å². The summed E-state index contributed by atoms with van der Waals surface area (Å²) in [6, 6.07) is 4.92. The van der Waals surface area contributed by atoms with E-state index in [1.165, 1.54) is 6.07 Å². The molecule has 3 aromatic rings. The molecule has 1 aromatic carbocycles. The van der Waals surface area contributed by atoms with Crippen LogP contribution in [0.15, 0.2) is 24.4 Å². The van der Waals surface area contributed by atoms with Crippen molar-refractivity contribution in [1.82, 2.24) is 20.2 Å². The van der Waals surface area contributed by atoms with Gasteiger partial charge in [-0.25, -0.2) is 4.39 Å². The van der Waals surface area contributed by atoms with Crippen molar-refractivity contribution in [1.29, 1.82) is 0 Å². The van der Waals surface area contributed by atoms with Crippen LogP contribution in [0, 0.1) is 12.7 Å². The predicted octanol–water partition coefficient (Wildman–Crippen LogP) is 2.98. The van der Waals surface area contributed by atoms with Gasteiger partial charge in [0.05, 0.1) is 17.3 Å². The summed E-state index contributed by atoms with van der Waals surface area (Å²) in [5, 5.41) is 13.6. The van der Waals surface area contributed by atoms with Gasteiger partial charge in [0.25, 0.3) is 0 Å². The number of para-hydroxylation sites is 1. The third-order valence-corrected chi connectivity index (χ3v) is 3.11. The molecule has 0 spiro atoms. The van der Waals surface area contributed by atoms with E-state index in [1.54, 1.807) is 12.3 Å². The number of halogens is 1. The van der Waals surface area contributed by atoms with Crippen molar-refractivity contribution >= 4 is 28.5 Å². The topological polar surface area (TPSA) is 78.5 Å². The van der Waals surface area contributed by atoms with Crippen LogP contribution in [0.25, 0.3) is 11.0 Å². The number of fused-ring (bicyclic) bond motifs is 1. The monoisotopic (exact) mass is 286 g/mol. The highest BCUT2D eigenvalue weighted by atomic mass is 19.1. The second kappa shape index (κ2) is 5.35. The lowest BCUT2D eigenvalue weighted by molar-refractivity contribution is 0.631. The lowest BCUT2D eigenvalue weighted by atomic mass is 10.2. The minimum atomic E-state index is -0.324. The molecule has 3 rings (SSSR count). The molecule has 0 saturated carbocycles. The van der Waals surface area contributed by atoms with Crippen LogP contribution in [-0.2, 0) is 0 Å². The molecule has 7 heteroatoms. The van der Waals surface area contributed by atoms with Gasteiger partial charge in [-0.15, -0.1) is 0 Å². The molecule has 108 valence electrons. The van der Waals surface area contributed by atoms with E-state index in [0.29, 0.717) is 35.0 Å². The maximum atomic E-state index is 14.0. The van der Waals surface area contributed by atoms with E-state index in [1.807, 2.05) is 19.9 Å². The third-order valence-electron chi connectivity index (χ3n) is 3.11. The fourth-order valence-electron chi connectivity index (χ4n) is 2.08. The maximum absolute atomic E-state index is 14.0. The SMILES string of the molecule is CCNc1nc(Nc2c(C)cccc2F)c2cn[nH]c2n1. The van der Waals surface area contributed by atoms with E-state index in [4.69, 9.17) is 0 Å². The summed E-state index contributed by atoms with van der Waals surface area (Å²) in [5.74, 6) is 0.652. The summed E-state index contributed by atoms with van der Waals surface area (Å²) >= 11 is 0. The summed E-state index contributed by atoms with van der Waals surface area (Å²) in [4.78, 5) is 8.68. The number of H-pyrrole nitrogens is 1. The Bertz CT molecular complexity index is 762. The number of aromatic nitrogens is 4. The molecular weight excluding hydrogens is 271 g/mol. The summed E-state index contributed by atoms with van der Waals surface area (Å²) < 4.78 is 14.0. The van der Waals surface area contributed by atoms with E-state index >= 15 is 0 Å². The number of hydrogen-bond acceptors (Lipinski definition) is 5. The average Bonchev–Trinajstić information content (AvgIpc) is 2.92. The van der Waals surface area contributed by atoms with Crippen LogP contribution in [0.4, 0.5) is 21.8 Å². The van der Waals surface area contributed by atoms with Crippen molar-refractivity contribution in [3.63, 3.8) is 0 Å². The van der Waals surface area contributed by atoms with Crippen LogP contribution in [0.1, 0.15) is 12.5 Å². The van der Waals surface area contributed by atoms with Crippen LogP contribution < -0.4 is 10.6 Å². The third kappa shape index (κ3) is 2.49. The Balaban J connectivity index is 2.09. The van der Waals surface area contributed by atoms with Gasteiger partial charge in [-0.2, -0.15) is 15.1 Å². The minimum Gasteiger partial charge on any atom is -0.354 e. The maximum Gasteiger partial charge on any atom is 0.226 e. The molecule has 0 radical (unpaired) electrons. The molecule has 0 amide bonds. The molecule has 6 nitrogen and oxygen atoms in total. The van der Waals surface area contributed by atoms with Gasteiger partial charge in [0.1, 0.15) is 11.6 Å². The second-order valence-electron chi connectivity index (χ2n) is 4.62. The van der Waals surface area contributed by atoms with Gasteiger partial charge in [-0.3, -0.25) is 5.10 Å². The van der Waals surface area contributed by atoms with Crippen LogP contribution >= 0.6 is 0 Å². The van der Waals surface area contributed by atoms with Crippen LogP contribution in [0.5, 0.6) is 0 Å². The van der Waals surface area contributed by atoms with Crippen molar-refractivity contribution in [2.24, 2.45) is 0 Å². The van der Waals surface area contributed by atoms with Gasteiger partial charge < -0.3 is 10.6 Å². The molecule has 0 aliphatic rings. The zero-order chi connectivity index (χ0) is 14.8. The number of aryl methyl sites for hydroxylation is 1. The number of rotatable bonds is 4. The van der Waals surface area contributed by atoms with Gasteiger partial charge >= 0.3 is 0 Å². The number of hydrogen-bond donors (Lipinski definition) is 3. The summed E-state index contributed by atoms with van der Waals surface area (Å²) in [6.07, 6.45) is 1.61. The summed E-state index contributed by atoms with van der Waals surface area (Å²) in [6.45, 7) is 4.48. The van der Waals surface area contributed by atoms with E-state index in [-0.39, 0.29) is 5.82 Å². The molecule has 0 atom stereocenters. The van der Waals surface area contributed by atoms with Crippen molar-refractivity contribution in [2.45, 2.75) is 13.8 Å². The first-order valence-corrected chi connectivity index (χ1v) is 6.66. The minimum absolute atomic E-state index is 0.324. The first-order valence-electron chi connectivity index (χ1n) is 6.66. The Morgan fingerprint density at radius 2 is 2.14 bits per heavy atom. The molecule has 0 aliphatic carbocycles. The molecule has 0 bridgehead atoms. The Hall–Kier alpha value is -2.70. The van der Waals surface area contributed by atoms with Crippen molar-refractivity contribution in [3.8, 4) is 0 Å². The van der Waals surface area contributed by atoms with Crippen LogP contribution in [-0.4, -0.2) is 26.7 Å². The molecule has 0 fully saturated rings. The Morgan fingerprint density at radius 1 is 1.29 bits per heavy atom. The lowest BCUT2D eigenvalue weighted by Crippen LogP contribution is -2.06. The van der Waals surface area contributed by atoms with Gasteiger partial charge in [0.2, 0.25) is 5.95 Å². The predicted molar refractivity (Wildman–Crippen MR) is 80.3 cm³/mol. The second-order valence-corrected chi connectivity index (χ2v) is 4.62. The molecule has 0 aliphatic heterocycles. The van der Waals surface area contributed by atoms with E-state index < -0.39 is 0 Å². The quantitative estimate of drug-likeness (QED) is 0.687. The van der Waals surface area contributed by atoms with Gasteiger partial charge in [0, 0.05) is 6.54 Å². The lowest BCUT2D eigenvalue weighted by Gasteiger charge is -2.11. The molecule has 2 aromatic heterocycles. The standard InChI is InChI=1S/C14H15FN6/c1-3-16-14-19-12(9-7-17-21-13(9)20-14)18-11-8(2)5-4-6-10(11)15/h4-7H,3H2,1-2H3,(H3,16,17,18,19,20,21). The first kappa shape index (κ1) is 13.3. The molecule has 3 N–H and O–H groups in total. The molecular formula is C14H15FN6. The number of benzene rings is 1. The van der Waals surface area contributed by atoms with Crippen molar-refractivity contribution in [2.75, 3.05) is 17.2 Å². The Kier molecular flexibility index (Phi) is 3.39. The molecule has 21 heavy (non-hydrogen) atoms. The molecule has 0 unspecified atom stereocenters. The molecule has 0 saturated heterocycles. The van der Waals surface area contributed by atoms with Crippen LogP contribution in [0.3, 0.4) is 0 Å². The molecule has 2 heterocycles. The Labute approximate surface area is 120 Å². The van der Waals surface area contributed by atoms with Gasteiger partial charge in [-0.1, -0.05) is 12.1 Å². The summed E-state index contributed by atoms with van der Waals surface area (Å²) in [5.41, 5.74) is 1.80. The number of nitrogens with one attached hydrogen (secondary N) is 3. The van der Waals surface area contributed by atoms with E-state index in [9.17, 15) is 4.39 Å². The largest absolute Gasteiger partial charge is 0.354 e. The summed E-state index contributed by atoms with van der Waals surface area (Å²) in [7, 11) is 0. The Morgan fingerprint density at radius 3 is 2.90 bits per heavy atom. The number of anilines is 3. The number of aromatic amines is 1. The van der Waals surface area contributed by atoms with Crippen LogP contribution in [0.2, 0.25) is 0 Å². The van der Waals surface area contributed by atoms with E-state index in [2.05, 4.69) is 30.8 Å². The van der Waals surface area contributed by atoms with Gasteiger partial charge in [-0.05, 0) is 25.5 Å². The smallest absolute Gasteiger partial charge is 0.226 e. The van der Waals surface area contributed by atoms with E-state index in [0.717, 1.165) is 5.56 Å². The number of nitrogens with zero attached hydrogens (tertiary/aromatic N) is 3. The fraction of sp³-hybridized carbons (Fsp3) is 0.214. The first-order chi connectivity index (χ1) is 10.2.